The zero-order chi connectivity index (χ0) is 11.0. The second-order valence-corrected chi connectivity index (χ2v) is 4.35. The van der Waals surface area contributed by atoms with Crippen molar-refractivity contribution in [1.29, 1.82) is 0 Å². The van der Waals surface area contributed by atoms with Gasteiger partial charge in [-0.05, 0) is 31.5 Å². The fourth-order valence-corrected chi connectivity index (χ4v) is 2.31. The summed E-state index contributed by atoms with van der Waals surface area (Å²) in [5, 5.41) is 13.1. The van der Waals surface area contributed by atoms with Gasteiger partial charge in [0.25, 0.3) is 0 Å². The van der Waals surface area contributed by atoms with Crippen LogP contribution < -0.4 is 5.32 Å². The Labute approximate surface area is 93.1 Å². The summed E-state index contributed by atoms with van der Waals surface area (Å²) in [6.07, 6.45) is 0.838. The zero-order valence-electron chi connectivity index (χ0n) is 8.48. The van der Waals surface area contributed by atoms with Crippen LogP contribution in [0.15, 0.2) is 6.07 Å². The average molecular weight is 230 g/mol. The van der Waals surface area contributed by atoms with E-state index in [-0.39, 0.29) is 22.5 Å². The van der Waals surface area contributed by atoms with Crippen LogP contribution in [0, 0.1) is 12.7 Å². The molecule has 4 heteroatoms. The minimum atomic E-state index is -0.328. The second kappa shape index (κ2) is 3.99. The lowest BCUT2D eigenvalue weighted by Crippen LogP contribution is -2.09. The van der Waals surface area contributed by atoms with E-state index in [2.05, 4.69) is 5.32 Å². The number of hydrogen-bond acceptors (Lipinski definition) is 2. The Kier molecular flexibility index (Phi) is 2.85. The highest BCUT2D eigenvalue weighted by Crippen LogP contribution is 2.38. The lowest BCUT2D eigenvalue weighted by molar-refractivity contribution is 0.450. The van der Waals surface area contributed by atoms with Crippen molar-refractivity contribution in [2.75, 3.05) is 13.1 Å². The molecule has 82 valence electrons. The van der Waals surface area contributed by atoms with Gasteiger partial charge in [0.05, 0.1) is 5.02 Å². The van der Waals surface area contributed by atoms with E-state index in [1.807, 2.05) is 0 Å². The van der Waals surface area contributed by atoms with Gasteiger partial charge in [0, 0.05) is 18.0 Å². The molecule has 2 rings (SSSR count). The number of halogens is 2. The summed E-state index contributed by atoms with van der Waals surface area (Å²) < 4.78 is 13.8. The van der Waals surface area contributed by atoms with Crippen LogP contribution in [-0.2, 0) is 0 Å². The summed E-state index contributed by atoms with van der Waals surface area (Å²) in [7, 11) is 0. The van der Waals surface area contributed by atoms with E-state index in [9.17, 15) is 9.50 Å². The normalized spacial score (nSPS) is 20.9. The highest BCUT2D eigenvalue weighted by molar-refractivity contribution is 6.32. The molecule has 2 nitrogen and oxygen atoms in total. The number of aromatic hydroxyl groups is 1. The number of nitrogens with one attached hydrogen (secondary N) is 1. The average Bonchev–Trinajstić information content (AvgIpc) is 2.69. The molecule has 1 aromatic rings. The standard InChI is InChI=1S/C11H13ClFNO/c1-6-4-8(12)11(15)9(10(6)13)7-2-3-14-5-7/h4,7,14-15H,2-3,5H2,1H3. The molecule has 0 saturated carbocycles. The Morgan fingerprint density at radius 3 is 2.93 bits per heavy atom. The topological polar surface area (TPSA) is 32.3 Å². The fraction of sp³-hybridized carbons (Fsp3) is 0.455. The SMILES string of the molecule is Cc1cc(Cl)c(O)c(C2CCNC2)c1F. The maximum Gasteiger partial charge on any atom is 0.140 e. The van der Waals surface area contributed by atoms with E-state index in [1.54, 1.807) is 6.92 Å². The van der Waals surface area contributed by atoms with Crippen LogP contribution in [0.5, 0.6) is 5.75 Å². The van der Waals surface area contributed by atoms with Gasteiger partial charge in [0.15, 0.2) is 0 Å². The third kappa shape index (κ3) is 1.82. The minimum Gasteiger partial charge on any atom is -0.506 e. The lowest BCUT2D eigenvalue weighted by atomic mass is 9.95. The van der Waals surface area contributed by atoms with Crippen LogP contribution in [0.4, 0.5) is 4.39 Å². The van der Waals surface area contributed by atoms with Crippen LogP contribution in [-0.4, -0.2) is 18.2 Å². The molecule has 2 N–H and O–H groups in total. The van der Waals surface area contributed by atoms with Gasteiger partial charge in [0.2, 0.25) is 0 Å². The van der Waals surface area contributed by atoms with Gasteiger partial charge in [-0.15, -0.1) is 0 Å². The predicted molar refractivity (Wildman–Crippen MR) is 58.0 cm³/mol. The lowest BCUT2D eigenvalue weighted by Gasteiger charge is -2.14. The van der Waals surface area contributed by atoms with E-state index >= 15 is 0 Å². The monoisotopic (exact) mass is 229 g/mol. The van der Waals surface area contributed by atoms with Gasteiger partial charge < -0.3 is 10.4 Å². The summed E-state index contributed by atoms with van der Waals surface area (Å²) in [6.45, 7) is 3.21. The first-order valence-electron chi connectivity index (χ1n) is 4.99. The predicted octanol–water partition coefficient (Wildman–Crippen LogP) is 2.57. The fourth-order valence-electron chi connectivity index (χ4n) is 2.04. The Bertz CT molecular complexity index is 362. The maximum absolute atomic E-state index is 13.8. The van der Waals surface area contributed by atoms with Gasteiger partial charge >= 0.3 is 0 Å². The number of phenolic OH excluding ortho intramolecular Hbond substituents is 1. The van der Waals surface area contributed by atoms with Gasteiger partial charge in [-0.25, -0.2) is 4.39 Å². The van der Waals surface area contributed by atoms with E-state index in [1.165, 1.54) is 6.07 Å². The molecule has 0 aliphatic carbocycles. The second-order valence-electron chi connectivity index (χ2n) is 3.94. The number of aryl methyl sites for hydroxylation is 1. The van der Waals surface area contributed by atoms with Gasteiger partial charge in [-0.2, -0.15) is 0 Å². The van der Waals surface area contributed by atoms with Crippen LogP contribution in [0.2, 0.25) is 5.02 Å². The quantitative estimate of drug-likeness (QED) is 0.776. The molecule has 1 heterocycles. The van der Waals surface area contributed by atoms with Crippen molar-refractivity contribution >= 4 is 11.6 Å². The Morgan fingerprint density at radius 2 is 2.33 bits per heavy atom. The van der Waals surface area contributed by atoms with Crippen LogP contribution in [0.1, 0.15) is 23.5 Å². The van der Waals surface area contributed by atoms with Crippen LogP contribution in [0.25, 0.3) is 0 Å². The molecule has 0 amide bonds. The minimum absolute atomic E-state index is 0.0300. The number of rotatable bonds is 1. The number of hydrogen-bond donors (Lipinski definition) is 2. The summed E-state index contributed by atoms with van der Waals surface area (Å²) >= 11 is 5.83. The van der Waals surface area contributed by atoms with Crippen molar-refractivity contribution in [3.63, 3.8) is 0 Å². The zero-order valence-corrected chi connectivity index (χ0v) is 9.24. The first kappa shape index (κ1) is 10.7. The summed E-state index contributed by atoms with van der Waals surface area (Å²) in [5.74, 6) is -0.401. The molecule has 1 unspecified atom stereocenters. The molecule has 1 saturated heterocycles. The third-order valence-electron chi connectivity index (χ3n) is 2.88. The summed E-state index contributed by atoms with van der Waals surface area (Å²) in [6, 6.07) is 1.46. The van der Waals surface area contributed by atoms with Crippen molar-refractivity contribution in [3.05, 3.63) is 28.0 Å². The molecule has 1 atom stereocenters. The summed E-state index contributed by atoms with van der Waals surface area (Å²) in [5.41, 5.74) is 0.852. The molecule has 0 bridgehead atoms. The van der Waals surface area contributed by atoms with Crippen LogP contribution in [0.3, 0.4) is 0 Å². The molecular formula is C11H13ClFNO. The highest BCUT2D eigenvalue weighted by atomic mass is 35.5. The van der Waals surface area contributed by atoms with E-state index in [4.69, 9.17) is 11.6 Å². The van der Waals surface area contributed by atoms with Crippen LogP contribution >= 0.6 is 11.6 Å². The Hall–Kier alpha value is -0.800. The highest BCUT2D eigenvalue weighted by Gasteiger charge is 2.25. The molecular weight excluding hydrogens is 217 g/mol. The van der Waals surface area contributed by atoms with Crippen molar-refractivity contribution < 1.29 is 9.50 Å². The van der Waals surface area contributed by atoms with Crippen molar-refractivity contribution in [2.45, 2.75) is 19.3 Å². The summed E-state index contributed by atoms with van der Waals surface area (Å²) in [4.78, 5) is 0. The first-order valence-corrected chi connectivity index (χ1v) is 5.37. The van der Waals surface area contributed by atoms with Gasteiger partial charge in [-0.3, -0.25) is 0 Å². The largest absolute Gasteiger partial charge is 0.506 e. The molecule has 1 fully saturated rings. The van der Waals surface area contributed by atoms with Crippen molar-refractivity contribution in [3.8, 4) is 5.75 Å². The Morgan fingerprint density at radius 1 is 1.60 bits per heavy atom. The number of benzene rings is 1. The molecule has 0 aromatic heterocycles. The van der Waals surface area contributed by atoms with Crippen molar-refractivity contribution in [2.24, 2.45) is 0 Å². The Balaban J connectivity index is 2.52. The molecule has 0 spiro atoms. The third-order valence-corrected chi connectivity index (χ3v) is 3.16. The number of phenols is 1. The van der Waals surface area contributed by atoms with E-state index < -0.39 is 0 Å². The first-order chi connectivity index (χ1) is 7.11. The van der Waals surface area contributed by atoms with E-state index in [0.29, 0.717) is 17.7 Å². The molecule has 15 heavy (non-hydrogen) atoms. The van der Waals surface area contributed by atoms with E-state index in [0.717, 1.165) is 13.0 Å². The van der Waals surface area contributed by atoms with Gasteiger partial charge in [0.1, 0.15) is 11.6 Å². The molecule has 1 aromatic carbocycles. The molecule has 1 aliphatic rings. The maximum atomic E-state index is 13.8. The molecule has 1 aliphatic heterocycles. The van der Waals surface area contributed by atoms with Crippen molar-refractivity contribution in [1.82, 2.24) is 5.32 Å². The van der Waals surface area contributed by atoms with Gasteiger partial charge in [-0.1, -0.05) is 11.6 Å². The molecule has 0 radical (unpaired) electrons. The smallest absolute Gasteiger partial charge is 0.140 e.